The molecule has 1 aromatic carbocycles. The number of rotatable bonds is 4. The topological polar surface area (TPSA) is 64.6 Å². The molecule has 0 aliphatic rings. The van der Waals surface area contributed by atoms with E-state index in [1.807, 2.05) is 0 Å². The summed E-state index contributed by atoms with van der Waals surface area (Å²) >= 11 is 0. The Hall–Kier alpha value is -2.04. The van der Waals surface area contributed by atoms with Gasteiger partial charge in [-0.25, -0.2) is 4.79 Å². The number of anilines is 1. The monoisotopic (exact) mass is 265 g/mol. The Labute approximate surface area is 112 Å². The first-order valence-electron chi connectivity index (χ1n) is 6.13. The van der Waals surface area contributed by atoms with Crippen molar-refractivity contribution in [3.8, 4) is 0 Å². The Morgan fingerprint density at radius 3 is 2.11 bits per heavy atom. The van der Waals surface area contributed by atoms with E-state index in [1.54, 1.807) is 45.0 Å². The first-order chi connectivity index (χ1) is 8.88. The summed E-state index contributed by atoms with van der Waals surface area (Å²) in [6.45, 7) is 6.72. The van der Waals surface area contributed by atoms with Gasteiger partial charge >= 0.3 is 12.1 Å². The number of amides is 1. The third-order valence-electron chi connectivity index (χ3n) is 2.31. The smallest absolute Gasteiger partial charge is 0.411 e. The molecule has 104 valence electrons. The van der Waals surface area contributed by atoms with E-state index < -0.39 is 6.09 Å². The molecule has 0 fully saturated rings. The Kier molecular flexibility index (Phi) is 5.36. The summed E-state index contributed by atoms with van der Waals surface area (Å²) in [5, 5.41) is 2.61. The van der Waals surface area contributed by atoms with Crippen molar-refractivity contribution in [2.75, 3.05) is 5.32 Å². The van der Waals surface area contributed by atoms with Crippen molar-refractivity contribution in [2.24, 2.45) is 0 Å². The van der Waals surface area contributed by atoms with E-state index in [2.05, 4.69) is 5.32 Å². The summed E-state index contributed by atoms with van der Waals surface area (Å²) in [5.41, 5.74) is 1.49. The summed E-state index contributed by atoms with van der Waals surface area (Å²) in [7, 11) is 0. The number of carbonyl (C=O) groups excluding carboxylic acids is 2. The Morgan fingerprint density at radius 1 is 1.05 bits per heavy atom. The maximum absolute atomic E-state index is 11.4. The molecular formula is C14H19NO4. The zero-order chi connectivity index (χ0) is 14.4. The Bertz CT molecular complexity index is 439. The first-order valence-corrected chi connectivity index (χ1v) is 6.13. The lowest BCUT2D eigenvalue weighted by molar-refractivity contribution is -0.145. The van der Waals surface area contributed by atoms with Crippen molar-refractivity contribution in [3.63, 3.8) is 0 Å². The van der Waals surface area contributed by atoms with Crippen LogP contribution in [-0.2, 0) is 14.3 Å². The number of nitrogens with one attached hydrogen (secondary N) is 1. The Balaban J connectivity index is 2.61. The Morgan fingerprint density at radius 2 is 1.63 bits per heavy atom. The van der Waals surface area contributed by atoms with E-state index in [0.717, 1.165) is 5.56 Å². The lowest BCUT2D eigenvalue weighted by atomic mass is 10.1. The van der Waals surface area contributed by atoms with Gasteiger partial charge in [-0.2, -0.15) is 0 Å². The molecule has 0 aliphatic carbocycles. The van der Waals surface area contributed by atoms with Crippen molar-refractivity contribution in [1.82, 2.24) is 0 Å². The molecule has 1 aromatic rings. The van der Waals surface area contributed by atoms with Gasteiger partial charge < -0.3 is 9.47 Å². The molecule has 0 bridgehead atoms. The molecule has 0 aromatic heterocycles. The molecular weight excluding hydrogens is 246 g/mol. The van der Waals surface area contributed by atoms with Gasteiger partial charge in [0.25, 0.3) is 0 Å². The number of hydrogen-bond donors (Lipinski definition) is 1. The molecule has 0 aliphatic heterocycles. The quantitative estimate of drug-likeness (QED) is 0.848. The van der Waals surface area contributed by atoms with E-state index in [0.29, 0.717) is 5.69 Å². The van der Waals surface area contributed by atoms with Crippen LogP contribution < -0.4 is 5.32 Å². The van der Waals surface area contributed by atoms with Crippen LogP contribution in [0.25, 0.3) is 0 Å². The van der Waals surface area contributed by atoms with Gasteiger partial charge in [0, 0.05) is 12.6 Å². The van der Waals surface area contributed by atoms with E-state index in [9.17, 15) is 9.59 Å². The van der Waals surface area contributed by atoms with Crippen LogP contribution in [0, 0.1) is 0 Å². The minimum absolute atomic E-state index is 0.164. The zero-order valence-corrected chi connectivity index (χ0v) is 11.6. The van der Waals surface area contributed by atoms with Gasteiger partial charge in [0.2, 0.25) is 0 Å². The molecule has 1 atom stereocenters. The largest absolute Gasteiger partial charge is 0.458 e. The summed E-state index contributed by atoms with van der Waals surface area (Å²) < 4.78 is 10.0. The average Bonchev–Trinajstić information content (AvgIpc) is 2.27. The van der Waals surface area contributed by atoms with Crippen LogP contribution in [0.5, 0.6) is 0 Å². The molecule has 1 unspecified atom stereocenters. The van der Waals surface area contributed by atoms with Gasteiger partial charge in [0.15, 0.2) is 0 Å². The predicted octanol–water partition coefficient (Wildman–Crippen LogP) is 3.27. The van der Waals surface area contributed by atoms with E-state index in [1.165, 1.54) is 6.92 Å². The number of hydrogen-bond acceptors (Lipinski definition) is 4. The lowest BCUT2D eigenvalue weighted by Crippen LogP contribution is -2.17. The molecule has 0 heterocycles. The second-order valence-corrected chi connectivity index (χ2v) is 4.45. The first kappa shape index (κ1) is 15.0. The molecule has 5 heteroatoms. The fourth-order valence-corrected chi connectivity index (χ4v) is 1.52. The number of ether oxygens (including phenoxy) is 2. The average molecular weight is 265 g/mol. The van der Waals surface area contributed by atoms with Crippen molar-refractivity contribution in [1.29, 1.82) is 0 Å². The fraction of sp³-hybridized carbons (Fsp3) is 0.429. The standard InChI is InChI=1S/C14H19NO4/c1-9(2)18-14(17)15-13-7-5-12(6-8-13)10(3)19-11(4)16/h5-10H,1-4H3,(H,15,17). The van der Waals surface area contributed by atoms with Crippen LogP contribution in [0.4, 0.5) is 10.5 Å². The highest BCUT2D eigenvalue weighted by molar-refractivity contribution is 5.84. The van der Waals surface area contributed by atoms with Crippen LogP contribution in [0.3, 0.4) is 0 Å². The molecule has 1 N–H and O–H groups in total. The van der Waals surface area contributed by atoms with Crippen LogP contribution >= 0.6 is 0 Å². The third-order valence-corrected chi connectivity index (χ3v) is 2.31. The second-order valence-electron chi connectivity index (χ2n) is 4.45. The van der Waals surface area contributed by atoms with Crippen LogP contribution in [0.1, 0.15) is 39.4 Å². The summed E-state index contributed by atoms with van der Waals surface area (Å²) in [6.07, 6.45) is -0.965. The third kappa shape index (κ3) is 5.42. The molecule has 0 radical (unpaired) electrons. The summed E-state index contributed by atoms with van der Waals surface area (Å²) in [4.78, 5) is 22.2. The van der Waals surface area contributed by atoms with Crippen LogP contribution in [-0.4, -0.2) is 18.2 Å². The van der Waals surface area contributed by atoms with Gasteiger partial charge in [-0.15, -0.1) is 0 Å². The maximum Gasteiger partial charge on any atom is 0.411 e. The van der Waals surface area contributed by atoms with Gasteiger partial charge in [-0.05, 0) is 38.5 Å². The van der Waals surface area contributed by atoms with Gasteiger partial charge in [-0.1, -0.05) is 12.1 Å². The van der Waals surface area contributed by atoms with E-state index in [4.69, 9.17) is 9.47 Å². The number of esters is 1. The van der Waals surface area contributed by atoms with Gasteiger partial charge in [-0.3, -0.25) is 10.1 Å². The highest BCUT2D eigenvalue weighted by Gasteiger charge is 2.09. The number of carbonyl (C=O) groups is 2. The van der Waals surface area contributed by atoms with Crippen molar-refractivity contribution >= 4 is 17.7 Å². The van der Waals surface area contributed by atoms with Crippen molar-refractivity contribution in [3.05, 3.63) is 29.8 Å². The maximum atomic E-state index is 11.4. The van der Waals surface area contributed by atoms with Gasteiger partial charge in [0.05, 0.1) is 6.10 Å². The minimum Gasteiger partial charge on any atom is -0.458 e. The highest BCUT2D eigenvalue weighted by atomic mass is 16.6. The van der Waals surface area contributed by atoms with E-state index >= 15 is 0 Å². The highest BCUT2D eigenvalue weighted by Crippen LogP contribution is 2.19. The summed E-state index contributed by atoms with van der Waals surface area (Å²) in [6, 6.07) is 7.05. The zero-order valence-electron chi connectivity index (χ0n) is 11.6. The molecule has 0 saturated carbocycles. The summed E-state index contributed by atoms with van der Waals surface area (Å²) in [5.74, 6) is -0.324. The second kappa shape index (κ2) is 6.78. The molecule has 1 amide bonds. The molecule has 5 nitrogen and oxygen atoms in total. The minimum atomic E-state index is -0.490. The predicted molar refractivity (Wildman–Crippen MR) is 71.9 cm³/mol. The van der Waals surface area contributed by atoms with Crippen LogP contribution in [0.2, 0.25) is 0 Å². The van der Waals surface area contributed by atoms with Crippen LogP contribution in [0.15, 0.2) is 24.3 Å². The van der Waals surface area contributed by atoms with Gasteiger partial charge in [0.1, 0.15) is 6.10 Å². The molecule has 1 rings (SSSR count). The fourth-order valence-electron chi connectivity index (χ4n) is 1.52. The van der Waals surface area contributed by atoms with E-state index in [-0.39, 0.29) is 18.2 Å². The molecule has 19 heavy (non-hydrogen) atoms. The number of benzene rings is 1. The van der Waals surface area contributed by atoms with Crippen molar-refractivity contribution in [2.45, 2.75) is 39.9 Å². The SMILES string of the molecule is CC(=O)OC(C)c1ccc(NC(=O)OC(C)C)cc1. The normalized spacial score (nSPS) is 11.8. The lowest BCUT2D eigenvalue weighted by Gasteiger charge is -2.13. The van der Waals surface area contributed by atoms with Crippen molar-refractivity contribution < 1.29 is 19.1 Å². The molecule has 0 spiro atoms. The molecule has 0 saturated heterocycles.